The van der Waals surface area contributed by atoms with E-state index in [0.29, 0.717) is 6.42 Å². The van der Waals surface area contributed by atoms with Crippen molar-refractivity contribution in [2.24, 2.45) is 5.41 Å². The lowest BCUT2D eigenvalue weighted by molar-refractivity contribution is -0.133. The maximum Gasteiger partial charge on any atom is 0.227 e. The summed E-state index contributed by atoms with van der Waals surface area (Å²) in [5, 5.41) is 0. The topological polar surface area (TPSA) is 45.7 Å². The number of carbonyl (C=O) groups excluding carboxylic acids is 1. The normalized spacial score (nSPS) is 22.5. The molecule has 1 spiro atoms. The van der Waals surface area contributed by atoms with Crippen LogP contribution in [0.5, 0.6) is 5.75 Å². The van der Waals surface area contributed by atoms with Crippen LogP contribution in [0.15, 0.2) is 48.8 Å². The Bertz CT molecular complexity index is 793. The van der Waals surface area contributed by atoms with Crippen molar-refractivity contribution in [3.8, 4) is 5.75 Å². The van der Waals surface area contributed by atoms with Crippen molar-refractivity contribution in [2.75, 3.05) is 33.3 Å². The van der Waals surface area contributed by atoms with Gasteiger partial charge >= 0.3 is 0 Å². The van der Waals surface area contributed by atoms with E-state index in [1.165, 1.54) is 18.4 Å². The fourth-order valence-electron chi connectivity index (χ4n) is 4.69. The number of aromatic nitrogens is 1. The van der Waals surface area contributed by atoms with Crippen LogP contribution in [0.2, 0.25) is 0 Å². The van der Waals surface area contributed by atoms with Gasteiger partial charge in [0, 0.05) is 44.0 Å². The minimum absolute atomic E-state index is 0.237. The molecular formula is C23H29N3O2. The molecule has 1 amide bonds. The number of hydrogen-bond donors (Lipinski definition) is 0. The first-order valence-corrected chi connectivity index (χ1v) is 10.2. The zero-order chi connectivity index (χ0) is 19.4. The molecule has 5 heteroatoms. The lowest BCUT2D eigenvalue weighted by atomic mass is 9.79. The van der Waals surface area contributed by atoms with Crippen LogP contribution in [-0.4, -0.2) is 54.0 Å². The molecule has 148 valence electrons. The van der Waals surface area contributed by atoms with E-state index < -0.39 is 0 Å². The molecular weight excluding hydrogens is 350 g/mol. The third-order valence-corrected chi connectivity index (χ3v) is 6.17. The van der Waals surface area contributed by atoms with E-state index >= 15 is 0 Å². The fraction of sp³-hybridized carbons (Fsp3) is 0.478. The van der Waals surface area contributed by atoms with Crippen LogP contribution in [0.3, 0.4) is 0 Å². The highest BCUT2D eigenvalue weighted by Gasteiger charge is 2.42. The number of hydrogen-bond acceptors (Lipinski definition) is 4. The number of carbonyl (C=O) groups is 1. The summed E-state index contributed by atoms with van der Waals surface area (Å²) >= 11 is 0. The number of ether oxygens (including phenoxy) is 1. The zero-order valence-corrected chi connectivity index (χ0v) is 16.6. The van der Waals surface area contributed by atoms with Crippen molar-refractivity contribution in [3.63, 3.8) is 0 Å². The Hall–Kier alpha value is -2.40. The molecule has 4 rings (SSSR count). The van der Waals surface area contributed by atoms with Gasteiger partial charge in [0.2, 0.25) is 5.91 Å². The average Bonchev–Trinajstić information content (AvgIpc) is 3.10. The predicted octanol–water partition coefficient (Wildman–Crippen LogP) is 3.15. The molecule has 1 unspecified atom stereocenters. The Balaban J connectivity index is 1.35. The van der Waals surface area contributed by atoms with Gasteiger partial charge in [0.1, 0.15) is 5.75 Å². The second-order valence-corrected chi connectivity index (χ2v) is 8.27. The summed E-state index contributed by atoms with van der Waals surface area (Å²) < 4.78 is 5.25. The van der Waals surface area contributed by atoms with Crippen LogP contribution < -0.4 is 4.74 Å². The molecule has 0 aliphatic carbocycles. The smallest absolute Gasteiger partial charge is 0.227 e. The van der Waals surface area contributed by atoms with E-state index in [-0.39, 0.29) is 11.3 Å². The third kappa shape index (κ3) is 4.36. The highest BCUT2D eigenvalue weighted by molar-refractivity contribution is 5.78. The second-order valence-electron chi connectivity index (χ2n) is 8.27. The molecule has 0 saturated carbocycles. The van der Waals surface area contributed by atoms with Gasteiger partial charge in [0.15, 0.2) is 0 Å². The summed E-state index contributed by atoms with van der Waals surface area (Å²) in [4.78, 5) is 21.6. The minimum Gasteiger partial charge on any atom is -0.497 e. The van der Waals surface area contributed by atoms with E-state index in [0.717, 1.165) is 50.5 Å². The minimum atomic E-state index is 0.237. The highest BCUT2D eigenvalue weighted by Crippen LogP contribution is 2.39. The number of methoxy groups -OCH3 is 1. The van der Waals surface area contributed by atoms with E-state index in [1.807, 2.05) is 24.3 Å². The Morgan fingerprint density at radius 3 is 2.71 bits per heavy atom. The maximum atomic E-state index is 12.8. The summed E-state index contributed by atoms with van der Waals surface area (Å²) in [6.07, 6.45) is 7.51. The summed E-state index contributed by atoms with van der Waals surface area (Å²) in [5.74, 6) is 1.14. The standard InChI is InChI=1S/C23H29N3O2/c1-28-21-7-5-19(6-8-21)16-25-13-10-23(17-25)9-3-12-26(18-23)22(27)14-20-4-2-11-24-15-20/h2,4-8,11,15H,3,9-10,12-14,16-18H2,1H3. The van der Waals surface area contributed by atoms with Gasteiger partial charge in [-0.25, -0.2) is 0 Å². The summed E-state index contributed by atoms with van der Waals surface area (Å²) in [5.41, 5.74) is 2.58. The molecule has 5 nitrogen and oxygen atoms in total. The van der Waals surface area contributed by atoms with Crippen LogP contribution in [0, 0.1) is 5.41 Å². The summed E-state index contributed by atoms with van der Waals surface area (Å²) in [6.45, 7) is 4.94. The molecule has 28 heavy (non-hydrogen) atoms. The molecule has 2 aromatic rings. The molecule has 2 fully saturated rings. The summed E-state index contributed by atoms with van der Waals surface area (Å²) in [7, 11) is 1.70. The lowest BCUT2D eigenvalue weighted by Crippen LogP contribution is -2.47. The molecule has 3 heterocycles. The molecule has 0 N–H and O–H groups in total. The van der Waals surface area contributed by atoms with Gasteiger partial charge in [0.25, 0.3) is 0 Å². The number of amides is 1. The number of rotatable bonds is 5. The van der Waals surface area contributed by atoms with Gasteiger partial charge in [-0.3, -0.25) is 14.7 Å². The molecule has 1 aromatic carbocycles. The molecule has 1 aromatic heterocycles. The van der Waals surface area contributed by atoms with Crippen LogP contribution >= 0.6 is 0 Å². The first-order valence-electron chi connectivity index (χ1n) is 10.2. The first-order chi connectivity index (χ1) is 13.7. The molecule has 0 radical (unpaired) electrons. The van der Waals surface area contributed by atoms with Gasteiger partial charge in [-0.15, -0.1) is 0 Å². The van der Waals surface area contributed by atoms with E-state index in [9.17, 15) is 4.79 Å². The van der Waals surface area contributed by atoms with Gasteiger partial charge in [-0.2, -0.15) is 0 Å². The number of likely N-dealkylation sites (tertiary alicyclic amines) is 2. The maximum absolute atomic E-state index is 12.8. The Labute approximate surface area is 167 Å². The van der Waals surface area contributed by atoms with Gasteiger partial charge in [-0.05, 0) is 55.1 Å². The SMILES string of the molecule is COc1ccc(CN2CCC3(CCCN(C(=O)Cc4cccnc4)C3)C2)cc1. The molecule has 0 bridgehead atoms. The Morgan fingerprint density at radius 2 is 1.96 bits per heavy atom. The highest BCUT2D eigenvalue weighted by atomic mass is 16.5. The third-order valence-electron chi connectivity index (χ3n) is 6.17. The molecule has 2 aliphatic heterocycles. The Kier molecular flexibility index (Phi) is 5.62. The predicted molar refractivity (Wildman–Crippen MR) is 109 cm³/mol. The van der Waals surface area contributed by atoms with Crippen molar-refractivity contribution in [1.29, 1.82) is 0 Å². The van der Waals surface area contributed by atoms with Gasteiger partial charge in [-0.1, -0.05) is 18.2 Å². The molecule has 2 saturated heterocycles. The number of benzene rings is 1. The van der Waals surface area contributed by atoms with E-state index in [2.05, 4.69) is 26.9 Å². The van der Waals surface area contributed by atoms with E-state index in [4.69, 9.17) is 4.74 Å². The van der Waals surface area contributed by atoms with Crippen LogP contribution in [-0.2, 0) is 17.8 Å². The van der Waals surface area contributed by atoms with Crippen LogP contribution in [0.25, 0.3) is 0 Å². The zero-order valence-electron chi connectivity index (χ0n) is 16.6. The summed E-state index contributed by atoms with van der Waals surface area (Å²) in [6, 6.07) is 12.2. The monoisotopic (exact) mass is 379 g/mol. The van der Waals surface area contributed by atoms with Gasteiger partial charge < -0.3 is 9.64 Å². The molecule has 2 aliphatic rings. The lowest BCUT2D eigenvalue weighted by Gasteiger charge is -2.40. The first kappa shape index (κ1) is 18.9. The quantitative estimate of drug-likeness (QED) is 0.801. The van der Waals surface area contributed by atoms with Crippen molar-refractivity contribution in [3.05, 3.63) is 59.9 Å². The van der Waals surface area contributed by atoms with Crippen LogP contribution in [0.1, 0.15) is 30.4 Å². The van der Waals surface area contributed by atoms with Crippen LogP contribution in [0.4, 0.5) is 0 Å². The number of pyridine rings is 1. The van der Waals surface area contributed by atoms with Crippen molar-refractivity contribution in [2.45, 2.75) is 32.2 Å². The fourth-order valence-corrected chi connectivity index (χ4v) is 4.69. The van der Waals surface area contributed by atoms with E-state index in [1.54, 1.807) is 19.5 Å². The van der Waals surface area contributed by atoms with Gasteiger partial charge in [0.05, 0.1) is 13.5 Å². The average molecular weight is 380 g/mol. The van der Waals surface area contributed by atoms with Crippen molar-refractivity contribution < 1.29 is 9.53 Å². The van der Waals surface area contributed by atoms with Crippen molar-refractivity contribution >= 4 is 5.91 Å². The number of piperidine rings is 1. The van der Waals surface area contributed by atoms with Crippen molar-refractivity contribution in [1.82, 2.24) is 14.8 Å². The largest absolute Gasteiger partial charge is 0.497 e. The second kappa shape index (κ2) is 8.31. The Morgan fingerprint density at radius 1 is 1.11 bits per heavy atom. The molecule has 1 atom stereocenters. The number of nitrogens with zero attached hydrogens (tertiary/aromatic N) is 3.